The van der Waals surface area contributed by atoms with E-state index in [0.717, 1.165) is 0 Å². The van der Waals surface area contributed by atoms with Gasteiger partial charge in [-0.3, -0.25) is 9.89 Å². The number of nitrogens with zero attached hydrogens (tertiary/aromatic N) is 3. The predicted molar refractivity (Wildman–Crippen MR) is 109 cm³/mol. The van der Waals surface area contributed by atoms with Crippen LogP contribution >= 0.6 is 11.6 Å². The fraction of sp³-hybridized carbons (Fsp3) is 0.211. The second kappa shape index (κ2) is 6.93. The van der Waals surface area contributed by atoms with Crippen LogP contribution in [0, 0.1) is 11.7 Å². The minimum absolute atomic E-state index is 0.0297. The van der Waals surface area contributed by atoms with Gasteiger partial charge in [0, 0.05) is 23.2 Å². The van der Waals surface area contributed by atoms with Crippen LogP contribution in [0.15, 0.2) is 35.5 Å². The van der Waals surface area contributed by atoms with E-state index in [9.17, 15) is 18.1 Å². The molecule has 154 valence electrons. The summed E-state index contributed by atoms with van der Waals surface area (Å²) < 4.78 is 41.5. The molecule has 1 saturated carbocycles. The number of carbonyl (C=O) groups is 1. The summed E-state index contributed by atoms with van der Waals surface area (Å²) in [7, 11) is 0. The van der Waals surface area contributed by atoms with E-state index >= 15 is 0 Å². The van der Waals surface area contributed by atoms with Gasteiger partial charge in [-0.25, -0.2) is 8.91 Å². The predicted octanol–water partition coefficient (Wildman–Crippen LogP) is 3.70. The zero-order chi connectivity index (χ0) is 21.2. The normalized spacial score (nSPS) is 19.4. The van der Waals surface area contributed by atoms with Crippen LogP contribution < -0.4 is 5.32 Å². The van der Waals surface area contributed by atoms with Crippen LogP contribution in [0.25, 0.3) is 27.5 Å². The largest absolute Gasteiger partial charge is 0.612 e. The van der Waals surface area contributed by atoms with Crippen molar-refractivity contribution in [3.63, 3.8) is 0 Å². The highest BCUT2D eigenvalue weighted by molar-refractivity contribution is 7.91. The Hall–Kier alpha value is -2.69. The zero-order valence-corrected chi connectivity index (χ0v) is 17.0. The number of hydrogen-bond donors (Lipinski definition) is 2. The van der Waals surface area contributed by atoms with Crippen molar-refractivity contribution in [3.8, 4) is 11.1 Å². The van der Waals surface area contributed by atoms with Crippen LogP contribution in [0.4, 0.5) is 14.6 Å². The molecule has 0 saturated heterocycles. The Bertz CT molecular complexity index is 1320. The molecule has 0 spiro atoms. The van der Waals surface area contributed by atoms with E-state index in [-0.39, 0.29) is 16.3 Å². The molecule has 0 aliphatic heterocycles. The monoisotopic (exact) mass is 449 g/mol. The summed E-state index contributed by atoms with van der Waals surface area (Å²) in [5.74, 6) is -1.50. The van der Waals surface area contributed by atoms with E-state index in [1.54, 1.807) is 24.4 Å². The summed E-state index contributed by atoms with van der Waals surface area (Å²) in [6.07, 6.45) is 3.65. The topological polar surface area (TPSA) is 98.1 Å². The Balaban J connectivity index is 1.59. The second-order valence-electron chi connectivity index (χ2n) is 7.11. The van der Waals surface area contributed by atoms with Gasteiger partial charge in [0.15, 0.2) is 11.6 Å². The number of aromatic nitrogens is 4. The summed E-state index contributed by atoms with van der Waals surface area (Å²) in [5.41, 5.74) is 1.93. The first-order valence-corrected chi connectivity index (χ1v) is 10.9. The molecule has 7 nitrogen and oxygen atoms in total. The second-order valence-corrected chi connectivity index (χ2v) is 8.80. The number of aromatic amines is 1. The summed E-state index contributed by atoms with van der Waals surface area (Å²) in [5, 5.41) is 13.9. The van der Waals surface area contributed by atoms with Gasteiger partial charge < -0.3 is 9.87 Å². The molecular formula is C19H14ClF2N5O2S. The molecule has 1 amide bonds. The molecule has 5 rings (SSSR count). The van der Waals surface area contributed by atoms with Gasteiger partial charge >= 0.3 is 0 Å². The van der Waals surface area contributed by atoms with E-state index in [0.29, 0.717) is 33.4 Å². The third-order valence-corrected chi connectivity index (χ3v) is 6.40. The summed E-state index contributed by atoms with van der Waals surface area (Å²) >= 11 is 4.72. The number of anilines is 1. The summed E-state index contributed by atoms with van der Waals surface area (Å²) in [4.78, 5) is 11.9. The van der Waals surface area contributed by atoms with Gasteiger partial charge in [-0.05, 0) is 35.3 Å². The van der Waals surface area contributed by atoms with Gasteiger partial charge in [0.1, 0.15) is 17.9 Å². The third kappa shape index (κ3) is 3.03. The highest BCUT2D eigenvalue weighted by Gasteiger charge is 2.43. The highest BCUT2D eigenvalue weighted by Crippen LogP contribution is 2.41. The quantitative estimate of drug-likeness (QED) is 0.464. The molecule has 0 bridgehead atoms. The van der Waals surface area contributed by atoms with Gasteiger partial charge in [-0.15, -0.1) is 0 Å². The number of amides is 1. The summed E-state index contributed by atoms with van der Waals surface area (Å²) in [6.45, 7) is 0. The lowest BCUT2D eigenvalue weighted by Crippen LogP contribution is -2.15. The van der Waals surface area contributed by atoms with E-state index in [1.165, 1.54) is 17.0 Å². The first kappa shape index (κ1) is 19.3. The van der Waals surface area contributed by atoms with Crippen molar-refractivity contribution in [1.82, 2.24) is 19.8 Å². The number of alkyl halides is 1. The van der Waals surface area contributed by atoms with Crippen LogP contribution in [0.2, 0.25) is 5.02 Å². The molecule has 1 aliphatic rings. The Kier molecular flexibility index (Phi) is 4.46. The van der Waals surface area contributed by atoms with Crippen LogP contribution in [0.5, 0.6) is 0 Å². The number of carbonyl (C=O) groups excluding carboxylic acids is 1. The highest BCUT2D eigenvalue weighted by atomic mass is 35.5. The molecule has 2 N–H and O–H groups in total. The molecule has 1 fully saturated rings. The van der Waals surface area contributed by atoms with Gasteiger partial charge in [0.2, 0.25) is 10.8 Å². The Morgan fingerprint density at radius 1 is 1.47 bits per heavy atom. The van der Waals surface area contributed by atoms with Crippen molar-refractivity contribution < 1.29 is 18.1 Å². The molecule has 3 heterocycles. The minimum atomic E-state index is -1.61. The first-order valence-electron chi connectivity index (χ1n) is 8.97. The molecule has 3 atom stereocenters. The first-order chi connectivity index (χ1) is 14.3. The fourth-order valence-electron chi connectivity index (χ4n) is 3.50. The van der Waals surface area contributed by atoms with E-state index in [2.05, 4.69) is 20.6 Å². The molecule has 1 aliphatic carbocycles. The van der Waals surface area contributed by atoms with E-state index in [4.69, 9.17) is 11.6 Å². The zero-order valence-electron chi connectivity index (χ0n) is 15.4. The number of rotatable bonds is 4. The Labute approximate surface area is 176 Å². The van der Waals surface area contributed by atoms with Gasteiger partial charge in [-0.2, -0.15) is 14.6 Å². The lowest BCUT2D eigenvalue weighted by Gasteiger charge is -2.12. The molecular weight excluding hydrogens is 436 g/mol. The number of halogens is 3. The SMILES string of the molecule is C[S+]([O-])c1c(F)c(Cl)c(-c2ccn3nc(NC(=O)[C@@H]4C[C@@H]4F)cc3c2)c2cn[nH]c12. The number of H-pyrrole nitrogens is 1. The van der Waals surface area contributed by atoms with Crippen LogP contribution in [0.1, 0.15) is 6.42 Å². The standard InChI is InChI=1S/C19H14ClF2N5O2S/c1-30(29)18-16(22)15(20)14(11-7-23-25-17(11)18)8-2-3-27-9(4-8)5-13(26-27)24-19(28)10-6-12(10)21/h2-5,7,10,12H,6H2,1H3,(H,23,25)(H,24,26,28)/t10-,12+,30?/m1/s1. The molecule has 1 aromatic carbocycles. The number of fused-ring (bicyclic) bond motifs is 2. The molecule has 11 heteroatoms. The van der Waals surface area contributed by atoms with Gasteiger partial charge in [0.25, 0.3) is 0 Å². The van der Waals surface area contributed by atoms with Crippen molar-refractivity contribution in [2.24, 2.45) is 5.92 Å². The Morgan fingerprint density at radius 3 is 2.93 bits per heavy atom. The summed E-state index contributed by atoms with van der Waals surface area (Å²) in [6, 6.07) is 5.05. The lowest BCUT2D eigenvalue weighted by molar-refractivity contribution is -0.117. The molecule has 1 unspecified atom stereocenters. The van der Waals surface area contributed by atoms with Crippen LogP contribution in [-0.4, -0.2) is 42.7 Å². The van der Waals surface area contributed by atoms with Crippen molar-refractivity contribution >= 4 is 50.9 Å². The molecule has 30 heavy (non-hydrogen) atoms. The number of pyridine rings is 1. The number of nitrogens with one attached hydrogen (secondary N) is 2. The fourth-order valence-corrected chi connectivity index (χ4v) is 4.66. The van der Waals surface area contributed by atoms with Gasteiger partial charge in [0.05, 0.1) is 22.7 Å². The third-order valence-electron chi connectivity index (χ3n) is 5.09. The van der Waals surface area contributed by atoms with Crippen molar-refractivity contribution in [2.75, 3.05) is 11.6 Å². The van der Waals surface area contributed by atoms with Crippen molar-refractivity contribution in [1.29, 1.82) is 0 Å². The van der Waals surface area contributed by atoms with Crippen molar-refractivity contribution in [3.05, 3.63) is 41.4 Å². The lowest BCUT2D eigenvalue weighted by atomic mass is 10.0. The minimum Gasteiger partial charge on any atom is -0.612 e. The van der Waals surface area contributed by atoms with Crippen molar-refractivity contribution in [2.45, 2.75) is 17.5 Å². The average Bonchev–Trinajstić information content (AvgIpc) is 3.08. The average molecular weight is 450 g/mol. The van der Waals surface area contributed by atoms with E-state index in [1.807, 2.05) is 0 Å². The van der Waals surface area contributed by atoms with E-state index < -0.39 is 35.0 Å². The maximum absolute atomic E-state index is 14.9. The molecule has 0 radical (unpaired) electrons. The van der Waals surface area contributed by atoms with Crippen LogP contribution in [-0.2, 0) is 16.0 Å². The Morgan fingerprint density at radius 2 is 2.23 bits per heavy atom. The maximum Gasteiger partial charge on any atom is 0.231 e. The molecule has 4 aromatic rings. The number of benzene rings is 1. The maximum atomic E-state index is 14.9. The van der Waals surface area contributed by atoms with Crippen LogP contribution in [0.3, 0.4) is 0 Å². The van der Waals surface area contributed by atoms with Gasteiger partial charge in [-0.1, -0.05) is 11.6 Å². The smallest absolute Gasteiger partial charge is 0.231 e. The molecule has 3 aromatic heterocycles. The number of hydrogen-bond acceptors (Lipinski definition) is 4.